The van der Waals surface area contributed by atoms with Crippen LogP contribution in [-0.2, 0) is 0 Å². The largest absolute Gasteiger partial charge is 0.496 e. The monoisotopic (exact) mass is 229 g/mol. The van der Waals surface area contributed by atoms with Crippen molar-refractivity contribution in [2.24, 2.45) is 0 Å². The minimum atomic E-state index is 0.619. The highest BCUT2D eigenvalue weighted by atomic mass is 16.5. The number of rotatable bonds is 2. The molecule has 2 rings (SSSR count). The van der Waals surface area contributed by atoms with Crippen molar-refractivity contribution in [2.45, 2.75) is 0 Å². The number of hydrogen-bond acceptors (Lipinski definition) is 4. The molecule has 0 aromatic heterocycles. The predicted molar refractivity (Wildman–Crippen MR) is 71.7 cm³/mol. The first-order chi connectivity index (χ1) is 8.11. The molecule has 0 saturated carbocycles. The maximum atomic E-state index is 5.95. The van der Waals surface area contributed by atoms with Gasteiger partial charge in [0, 0.05) is 34.3 Å². The molecule has 0 atom stereocenters. The molecule has 88 valence electrons. The molecule has 0 aliphatic rings. The highest BCUT2D eigenvalue weighted by Crippen LogP contribution is 2.35. The Morgan fingerprint density at radius 1 is 0.824 bits per heavy atom. The average Bonchev–Trinajstić information content (AvgIpc) is 2.30. The van der Waals surface area contributed by atoms with E-state index in [-0.39, 0.29) is 0 Å². The standard InChI is InChI=1S/C13H15N3O/c1-17-13-7-9(15)3-5-11(13)10-4-2-8(14)6-12(10)16/h2-7H,14-16H2,1H3. The van der Waals surface area contributed by atoms with Crippen LogP contribution in [0.4, 0.5) is 17.1 Å². The fourth-order valence-corrected chi connectivity index (χ4v) is 1.76. The van der Waals surface area contributed by atoms with Crippen molar-refractivity contribution in [3.05, 3.63) is 36.4 Å². The molecule has 0 heterocycles. The number of hydrogen-bond donors (Lipinski definition) is 3. The molecule has 6 N–H and O–H groups in total. The Morgan fingerprint density at radius 2 is 1.41 bits per heavy atom. The third-order valence-corrected chi connectivity index (χ3v) is 2.59. The fourth-order valence-electron chi connectivity index (χ4n) is 1.76. The number of anilines is 3. The molecule has 0 spiro atoms. The van der Waals surface area contributed by atoms with Crippen LogP contribution in [0, 0.1) is 0 Å². The van der Waals surface area contributed by atoms with Gasteiger partial charge in [-0.2, -0.15) is 0 Å². The highest BCUT2D eigenvalue weighted by molar-refractivity contribution is 5.83. The molecule has 0 fully saturated rings. The lowest BCUT2D eigenvalue weighted by Gasteiger charge is -2.12. The molecule has 0 aliphatic heterocycles. The van der Waals surface area contributed by atoms with Crippen molar-refractivity contribution in [2.75, 3.05) is 24.3 Å². The van der Waals surface area contributed by atoms with E-state index < -0.39 is 0 Å². The molecule has 0 saturated heterocycles. The Bertz CT molecular complexity index is 552. The first-order valence-corrected chi connectivity index (χ1v) is 5.20. The molecule has 0 unspecified atom stereocenters. The molecule has 0 bridgehead atoms. The topological polar surface area (TPSA) is 87.3 Å². The predicted octanol–water partition coefficient (Wildman–Crippen LogP) is 2.11. The molecule has 4 nitrogen and oxygen atoms in total. The van der Waals surface area contributed by atoms with E-state index in [4.69, 9.17) is 21.9 Å². The van der Waals surface area contributed by atoms with Crippen molar-refractivity contribution in [3.8, 4) is 16.9 Å². The summed E-state index contributed by atoms with van der Waals surface area (Å²) in [7, 11) is 1.60. The summed E-state index contributed by atoms with van der Waals surface area (Å²) in [5.74, 6) is 0.696. The van der Waals surface area contributed by atoms with Gasteiger partial charge < -0.3 is 21.9 Å². The van der Waals surface area contributed by atoms with Crippen molar-refractivity contribution < 1.29 is 4.74 Å². The van der Waals surface area contributed by atoms with Gasteiger partial charge in [0.05, 0.1) is 7.11 Å². The van der Waals surface area contributed by atoms with Crippen LogP contribution in [0.1, 0.15) is 0 Å². The zero-order valence-corrected chi connectivity index (χ0v) is 9.60. The molecule has 17 heavy (non-hydrogen) atoms. The summed E-state index contributed by atoms with van der Waals surface area (Å²) in [6.45, 7) is 0. The second kappa shape index (κ2) is 4.25. The van der Waals surface area contributed by atoms with Gasteiger partial charge in [0.2, 0.25) is 0 Å². The maximum Gasteiger partial charge on any atom is 0.128 e. The maximum absolute atomic E-state index is 5.95. The first-order valence-electron chi connectivity index (χ1n) is 5.20. The van der Waals surface area contributed by atoms with Crippen LogP contribution in [0.2, 0.25) is 0 Å². The molecule has 0 aliphatic carbocycles. The number of nitrogens with two attached hydrogens (primary N) is 3. The SMILES string of the molecule is COc1cc(N)ccc1-c1ccc(N)cc1N. The van der Waals surface area contributed by atoms with Crippen LogP contribution in [0.3, 0.4) is 0 Å². The Morgan fingerprint density at radius 3 is 2.00 bits per heavy atom. The average molecular weight is 229 g/mol. The van der Waals surface area contributed by atoms with Gasteiger partial charge in [-0.15, -0.1) is 0 Å². The third kappa shape index (κ3) is 2.10. The summed E-state index contributed by atoms with van der Waals surface area (Å²) < 4.78 is 5.30. The summed E-state index contributed by atoms with van der Waals surface area (Å²) in [6.07, 6.45) is 0. The second-order valence-corrected chi connectivity index (χ2v) is 3.81. The second-order valence-electron chi connectivity index (χ2n) is 3.81. The Labute approximate surface area is 100.0 Å². The van der Waals surface area contributed by atoms with Crippen molar-refractivity contribution >= 4 is 17.1 Å². The van der Waals surface area contributed by atoms with Crippen molar-refractivity contribution in [3.63, 3.8) is 0 Å². The number of ether oxygens (including phenoxy) is 1. The van der Waals surface area contributed by atoms with Crippen LogP contribution in [-0.4, -0.2) is 7.11 Å². The van der Waals surface area contributed by atoms with E-state index in [0.29, 0.717) is 22.8 Å². The van der Waals surface area contributed by atoms with E-state index in [1.807, 2.05) is 24.3 Å². The van der Waals surface area contributed by atoms with Crippen LogP contribution >= 0.6 is 0 Å². The van der Waals surface area contributed by atoms with Gasteiger partial charge in [0.25, 0.3) is 0 Å². The van der Waals surface area contributed by atoms with E-state index in [0.717, 1.165) is 11.1 Å². The molecular weight excluding hydrogens is 214 g/mol. The zero-order valence-electron chi connectivity index (χ0n) is 9.60. The summed E-state index contributed by atoms with van der Waals surface area (Å²) in [6, 6.07) is 10.9. The lowest BCUT2D eigenvalue weighted by Crippen LogP contribution is -1.96. The zero-order chi connectivity index (χ0) is 12.4. The van der Waals surface area contributed by atoms with Gasteiger partial charge >= 0.3 is 0 Å². The van der Waals surface area contributed by atoms with Crippen molar-refractivity contribution in [1.29, 1.82) is 0 Å². The number of methoxy groups -OCH3 is 1. The quantitative estimate of drug-likeness (QED) is 0.688. The minimum Gasteiger partial charge on any atom is -0.496 e. The highest BCUT2D eigenvalue weighted by Gasteiger charge is 2.09. The van der Waals surface area contributed by atoms with Crippen LogP contribution in [0.15, 0.2) is 36.4 Å². The molecule has 2 aromatic rings. The van der Waals surface area contributed by atoms with E-state index in [2.05, 4.69) is 0 Å². The normalized spacial score (nSPS) is 10.2. The molecule has 4 heteroatoms. The summed E-state index contributed by atoms with van der Waals surface area (Å²) >= 11 is 0. The van der Waals surface area contributed by atoms with E-state index in [9.17, 15) is 0 Å². The fraction of sp³-hybridized carbons (Fsp3) is 0.0769. The van der Waals surface area contributed by atoms with Gasteiger partial charge in [0.15, 0.2) is 0 Å². The van der Waals surface area contributed by atoms with Gasteiger partial charge in [-0.25, -0.2) is 0 Å². The van der Waals surface area contributed by atoms with Gasteiger partial charge in [-0.05, 0) is 24.3 Å². The molecular formula is C13H15N3O. The van der Waals surface area contributed by atoms with E-state index in [1.165, 1.54) is 0 Å². The number of nitrogen functional groups attached to an aromatic ring is 3. The third-order valence-electron chi connectivity index (χ3n) is 2.59. The van der Waals surface area contributed by atoms with Gasteiger partial charge in [0.1, 0.15) is 5.75 Å². The Balaban J connectivity index is 2.60. The smallest absolute Gasteiger partial charge is 0.128 e. The lowest BCUT2D eigenvalue weighted by atomic mass is 10.0. The number of benzene rings is 2. The Kier molecular flexibility index (Phi) is 2.78. The summed E-state index contributed by atoms with van der Waals surface area (Å²) in [5.41, 5.74) is 21.0. The Hall–Kier alpha value is -2.36. The molecule has 0 radical (unpaired) electrons. The van der Waals surface area contributed by atoms with E-state index >= 15 is 0 Å². The van der Waals surface area contributed by atoms with Crippen LogP contribution < -0.4 is 21.9 Å². The van der Waals surface area contributed by atoms with Crippen LogP contribution in [0.5, 0.6) is 5.75 Å². The van der Waals surface area contributed by atoms with E-state index in [1.54, 1.807) is 19.2 Å². The van der Waals surface area contributed by atoms with Gasteiger partial charge in [-0.3, -0.25) is 0 Å². The van der Waals surface area contributed by atoms with Crippen LogP contribution in [0.25, 0.3) is 11.1 Å². The minimum absolute atomic E-state index is 0.619. The lowest BCUT2D eigenvalue weighted by molar-refractivity contribution is 0.416. The molecule has 2 aromatic carbocycles. The summed E-state index contributed by atoms with van der Waals surface area (Å²) in [4.78, 5) is 0. The molecule has 0 amide bonds. The van der Waals surface area contributed by atoms with Gasteiger partial charge in [-0.1, -0.05) is 6.07 Å². The first kappa shape index (κ1) is 11.1. The van der Waals surface area contributed by atoms with Crippen molar-refractivity contribution in [1.82, 2.24) is 0 Å². The summed E-state index contributed by atoms with van der Waals surface area (Å²) in [5, 5.41) is 0.